The van der Waals surface area contributed by atoms with Crippen molar-refractivity contribution < 1.29 is 4.39 Å². The van der Waals surface area contributed by atoms with Crippen LogP contribution in [0.25, 0.3) is 10.9 Å². The summed E-state index contributed by atoms with van der Waals surface area (Å²) < 4.78 is 15.2. The van der Waals surface area contributed by atoms with Crippen molar-refractivity contribution in [3.8, 4) is 0 Å². The van der Waals surface area contributed by atoms with Crippen LogP contribution in [0.4, 0.5) is 4.39 Å². The lowest BCUT2D eigenvalue weighted by atomic mass is 10.2. The van der Waals surface area contributed by atoms with Crippen molar-refractivity contribution in [3.05, 3.63) is 27.6 Å². The van der Waals surface area contributed by atoms with Gasteiger partial charge < -0.3 is 0 Å². The van der Waals surface area contributed by atoms with E-state index in [4.69, 9.17) is 11.6 Å². The topological polar surface area (TPSA) is 17.8 Å². The van der Waals surface area contributed by atoms with Crippen LogP contribution in [0, 0.1) is 5.82 Å². The summed E-state index contributed by atoms with van der Waals surface area (Å²) in [4.78, 5) is 0. The lowest BCUT2D eigenvalue weighted by Crippen LogP contribution is -1.86. The first-order chi connectivity index (χ1) is 6.09. The van der Waals surface area contributed by atoms with E-state index in [9.17, 15) is 4.39 Å². The summed E-state index contributed by atoms with van der Waals surface area (Å²) in [5.41, 5.74) is 0.587. The normalized spacial score (nSPS) is 11.1. The molecule has 0 aliphatic heterocycles. The van der Waals surface area contributed by atoms with Crippen LogP contribution in [0.3, 0.4) is 0 Å². The molecule has 2 rings (SSSR count). The fourth-order valence-corrected chi connectivity index (χ4v) is 2.04. The van der Waals surface area contributed by atoms with Crippen molar-refractivity contribution in [1.29, 1.82) is 0 Å². The van der Waals surface area contributed by atoms with Gasteiger partial charge in [-0.1, -0.05) is 11.6 Å². The predicted molar refractivity (Wildman–Crippen MR) is 53.4 cm³/mol. The van der Waals surface area contributed by atoms with E-state index in [1.807, 2.05) is 0 Å². The summed E-state index contributed by atoms with van der Waals surface area (Å²) in [5.74, 6) is -0.465. The second kappa shape index (κ2) is 2.96. The third-order valence-corrected chi connectivity index (χ3v) is 2.75. The highest BCUT2D eigenvalue weighted by Crippen LogP contribution is 2.30. The Morgan fingerprint density at radius 3 is 3.00 bits per heavy atom. The van der Waals surface area contributed by atoms with Gasteiger partial charge in [-0.05, 0) is 22.0 Å². The lowest BCUT2D eigenvalue weighted by Gasteiger charge is -1.97. The van der Waals surface area contributed by atoms with Gasteiger partial charge >= 0.3 is 0 Å². The monoisotopic (exact) mass is 262 g/mol. The molecule has 0 aliphatic carbocycles. The lowest BCUT2D eigenvalue weighted by molar-refractivity contribution is 0.623. The Morgan fingerprint density at radius 2 is 2.31 bits per heavy atom. The first-order valence-corrected chi connectivity index (χ1v) is 4.73. The molecule has 1 heterocycles. The predicted octanol–water partition coefficient (Wildman–Crippen LogP) is 3.13. The van der Waals surface area contributed by atoms with Crippen molar-refractivity contribution in [2.45, 2.75) is 0 Å². The van der Waals surface area contributed by atoms with Crippen LogP contribution in [0.2, 0.25) is 5.02 Å². The van der Waals surface area contributed by atoms with Gasteiger partial charge in [0.15, 0.2) is 5.82 Å². The van der Waals surface area contributed by atoms with Crippen molar-refractivity contribution in [1.82, 2.24) is 9.78 Å². The largest absolute Gasteiger partial charge is 0.275 e. The molecule has 0 aliphatic rings. The molecule has 68 valence electrons. The SMILES string of the molecule is Cn1cc2cc(Cl)c(F)c(Br)c2n1. The summed E-state index contributed by atoms with van der Waals surface area (Å²) in [6, 6.07) is 1.56. The zero-order valence-electron chi connectivity index (χ0n) is 6.68. The van der Waals surface area contributed by atoms with Gasteiger partial charge in [0.1, 0.15) is 5.52 Å². The van der Waals surface area contributed by atoms with Crippen molar-refractivity contribution in [3.63, 3.8) is 0 Å². The van der Waals surface area contributed by atoms with Gasteiger partial charge in [-0.2, -0.15) is 5.10 Å². The van der Waals surface area contributed by atoms with Crippen LogP contribution in [0.5, 0.6) is 0 Å². The first-order valence-electron chi connectivity index (χ1n) is 3.56. The fourth-order valence-electron chi connectivity index (χ4n) is 1.19. The number of hydrogen-bond acceptors (Lipinski definition) is 1. The third kappa shape index (κ3) is 1.34. The minimum absolute atomic E-state index is 0.104. The molecule has 0 unspecified atom stereocenters. The van der Waals surface area contributed by atoms with Crippen LogP contribution in [-0.4, -0.2) is 9.78 Å². The number of hydrogen-bond donors (Lipinski definition) is 0. The number of nitrogens with zero attached hydrogens (tertiary/aromatic N) is 2. The molecule has 0 spiro atoms. The Hall–Kier alpha value is -0.610. The van der Waals surface area contributed by atoms with Crippen LogP contribution in [0.1, 0.15) is 0 Å². The number of benzene rings is 1. The summed E-state index contributed by atoms with van der Waals surface area (Å²) in [6.07, 6.45) is 1.78. The number of aromatic nitrogens is 2. The van der Waals surface area contributed by atoms with Gasteiger partial charge in [-0.15, -0.1) is 0 Å². The van der Waals surface area contributed by atoms with E-state index in [1.54, 1.807) is 24.0 Å². The average Bonchev–Trinajstić information content (AvgIpc) is 2.42. The van der Waals surface area contributed by atoms with Crippen LogP contribution in [0.15, 0.2) is 16.7 Å². The van der Waals surface area contributed by atoms with E-state index in [1.165, 1.54) is 0 Å². The fraction of sp³-hybridized carbons (Fsp3) is 0.125. The molecular weight excluding hydrogens is 258 g/mol. The third-order valence-electron chi connectivity index (χ3n) is 1.75. The molecule has 1 aromatic heterocycles. The Bertz CT molecular complexity index is 480. The van der Waals surface area contributed by atoms with E-state index >= 15 is 0 Å². The molecule has 0 amide bonds. The minimum Gasteiger partial charge on any atom is -0.275 e. The standard InChI is InChI=1S/C8H5BrClFN2/c1-13-3-4-2-5(10)7(11)6(9)8(4)12-13/h2-3H,1H3. The molecule has 0 N–H and O–H groups in total. The summed E-state index contributed by atoms with van der Waals surface area (Å²) >= 11 is 8.77. The van der Waals surface area contributed by atoms with E-state index < -0.39 is 5.82 Å². The smallest absolute Gasteiger partial charge is 0.158 e. The van der Waals surface area contributed by atoms with Crippen LogP contribution >= 0.6 is 27.5 Å². The highest BCUT2D eigenvalue weighted by molar-refractivity contribution is 9.10. The van der Waals surface area contributed by atoms with Gasteiger partial charge in [0.25, 0.3) is 0 Å². The molecular formula is C8H5BrClFN2. The highest BCUT2D eigenvalue weighted by Gasteiger charge is 2.12. The molecule has 0 atom stereocenters. The molecule has 0 radical (unpaired) electrons. The molecule has 2 nitrogen and oxygen atoms in total. The van der Waals surface area contributed by atoms with Gasteiger partial charge in [0.05, 0.1) is 9.50 Å². The number of fused-ring (bicyclic) bond motifs is 1. The quantitative estimate of drug-likeness (QED) is 0.668. The zero-order chi connectivity index (χ0) is 9.59. The number of rotatable bonds is 0. The number of aryl methyl sites for hydroxylation is 1. The Kier molecular flexibility index (Phi) is 2.04. The molecule has 2 aromatic rings. The van der Waals surface area contributed by atoms with Crippen molar-refractivity contribution in [2.24, 2.45) is 7.05 Å². The molecule has 0 bridgehead atoms. The van der Waals surface area contributed by atoms with Gasteiger partial charge in [-0.3, -0.25) is 4.68 Å². The van der Waals surface area contributed by atoms with E-state index in [0.29, 0.717) is 9.99 Å². The van der Waals surface area contributed by atoms with Crippen molar-refractivity contribution in [2.75, 3.05) is 0 Å². The van der Waals surface area contributed by atoms with E-state index in [0.717, 1.165) is 5.39 Å². The molecule has 1 aromatic carbocycles. The maximum atomic E-state index is 13.2. The maximum Gasteiger partial charge on any atom is 0.158 e. The molecule has 0 fully saturated rings. The van der Waals surface area contributed by atoms with Crippen LogP contribution in [-0.2, 0) is 7.05 Å². The Balaban J connectivity index is 2.92. The van der Waals surface area contributed by atoms with Gasteiger partial charge in [0.2, 0.25) is 0 Å². The maximum absolute atomic E-state index is 13.2. The van der Waals surface area contributed by atoms with Gasteiger partial charge in [-0.25, -0.2) is 4.39 Å². The Labute approximate surface area is 87.4 Å². The minimum atomic E-state index is -0.465. The van der Waals surface area contributed by atoms with Crippen LogP contribution < -0.4 is 0 Å². The molecule has 13 heavy (non-hydrogen) atoms. The second-order valence-electron chi connectivity index (χ2n) is 2.73. The molecule has 5 heteroatoms. The Morgan fingerprint density at radius 1 is 1.62 bits per heavy atom. The van der Waals surface area contributed by atoms with E-state index in [-0.39, 0.29) is 5.02 Å². The van der Waals surface area contributed by atoms with Crippen molar-refractivity contribution >= 4 is 38.4 Å². The summed E-state index contributed by atoms with van der Waals surface area (Å²) in [7, 11) is 1.78. The zero-order valence-corrected chi connectivity index (χ0v) is 9.02. The highest BCUT2D eigenvalue weighted by atomic mass is 79.9. The van der Waals surface area contributed by atoms with Gasteiger partial charge in [0, 0.05) is 18.6 Å². The molecule has 0 saturated heterocycles. The second-order valence-corrected chi connectivity index (χ2v) is 3.93. The summed E-state index contributed by atoms with van der Waals surface area (Å²) in [6.45, 7) is 0. The average molecular weight is 263 g/mol. The first kappa shape index (κ1) is 8.97. The molecule has 0 saturated carbocycles. The summed E-state index contributed by atoms with van der Waals surface area (Å²) in [5, 5.41) is 5.01. The van der Waals surface area contributed by atoms with E-state index in [2.05, 4.69) is 21.0 Å². The number of halogens is 3.